The number of ether oxygens (including phenoxy) is 1. The van der Waals surface area contributed by atoms with Crippen molar-refractivity contribution in [2.45, 2.75) is 13.0 Å². The van der Waals surface area contributed by atoms with E-state index in [0.29, 0.717) is 5.69 Å². The number of nitrogen functional groups attached to an aromatic ring is 1. The molecule has 0 aliphatic rings. The summed E-state index contributed by atoms with van der Waals surface area (Å²) in [6.45, 7) is 0.252. The number of aromatic nitrogens is 1. The largest absolute Gasteiger partial charge is 0.460 e. The van der Waals surface area contributed by atoms with Gasteiger partial charge in [0, 0.05) is 23.6 Å². The fourth-order valence-corrected chi connectivity index (χ4v) is 1.50. The van der Waals surface area contributed by atoms with Gasteiger partial charge in [-0.1, -0.05) is 18.2 Å². The Hall–Kier alpha value is -2.36. The van der Waals surface area contributed by atoms with Crippen molar-refractivity contribution >= 4 is 11.7 Å². The summed E-state index contributed by atoms with van der Waals surface area (Å²) in [5, 5.41) is 0. The van der Waals surface area contributed by atoms with Crippen LogP contribution in [0.25, 0.3) is 0 Å². The van der Waals surface area contributed by atoms with Crippen molar-refractivity contribution in [2.24, 2.45) is 0 Å². The molecule has 1 heterocycles. The first kappa shape index (κ1) is 12.1. The van der Waals surface area contributed by atoms with Gasteiger partial charge in [0.2, 0.25) is 0 Å². The summed E-state index contributed by atoms with van der Waals surface area (Å²) in [6.07, 6.45) is 3.61. The number of hydrogen-bond acceptors (Lipinski definition) is 4. The van der Waals surface area contributed by atoms with Gasteiger partial charge in [0.15, 0.2) is 0 Å². The highest BCUT2D eigenvalue weighted by atomic mass is 16.5. The molecule has 0 radical (unpaired) electrons. The molecule has 4 heteroatoms. The van der Waals surface area contributed by atoms with Crippen LogP contribution in [0, 0.1) is 0 Å². The number of nitrogens with two attached hydrogens (primary N) is 1. The van der Waals surface area contributed by atoms with Gasteiger partial charge in [-0.3, -0.25) is 9.78 Å². The molecule has 2 rings (SSSR count). The molecule has 0 fully saturated rings. The van der Waals surface area contributed by atoms with Crippen molar-refractivity contribution < 1.29 is 9.53 Å². The predicted molar refractivity (Wildman–Crippen MR) is 68.6 cm³/mol. The van der Waals surface area contributed by atoms with Gasteiger partial charge < -0.3 is 10.5 Å². The lowest BCUT2D eigenvalue weighted by Crippen LogP contribution is -2.08. The summed E-state index contributed by atoms with van der Waals surface area (Å²) in [6, 6.07) is 10.8. The molecule has 2 aromatic rings. The lowest BCUT2D eigenvalue weighted by molar-refractivity contribution is -0.144. The Bertz CT molecular complexity index is 509. The van der Waals surface area contributed by atoms with Gasteiger partial charge in [-0.25, -0.2) is 0 Å². The van der Waals surface area contributed by atoms with E-state index < -0.39 is 0 Å². The molecule has 1 aromatic carbocycles. The minimum atomic E-state index is -0.261. The number of anilines is 1. The van der Waals surface area contributed by atoms with Gasteiger partial charge in [0.25, 0.3) is 0 Å². The zero-order chi connectivity index (χ0) is 12.8. The third-order valence-corrected chi connectivity index (χ3v) is 2.45. The van der Waals surface area contributed by atoms with Crippen molar-refractivity contribution in [3.8, 4) is 0 Å². The average molecular weight is 242 g/mol. The Morgan fingerprint density at radius 1 is 1.17 bits per heavy atom. The number of nitrogens with zero attached hydrogens (tertiary/aromatic N) is 1. The zero-order valence-electron chi connectivity index (χ0n) is 9.87. The van der Waals surface area contributed by atoms with Crippen LogP contribution in [-0.4, -0.2) is 11.0 Å². The first-order valence-electron chi connectivity index (χ1n) is 5.63. The number of pyridine rings is 1. The first-order valence-corrected chi connectivity index (χ1v) is 5.63. The Morgan fingerprint density at radius 3 is 2.61 bits per heavy atom. The van der Waals surface area contributed by atoms with Crippen molar-refractivity contribution in [1.82, 2.24) is 4.98 Å². The maximum Gasteiger partial charge on any atom is 0.310 e. The van der Waals surface area contributed by atoms with Gasteiger partial charge in [-0.05, 0) is 23.8 Å². The molecule has 2 N–H and O–H groups in total. The molecule has 0 unspecified atom stereocenters. The van der Waals surface area contributed by atoms with Crippen molar-refractivity contribution in [1.29, 1.82) is 0 Å². The van der Waals surface area contributed by atoms with E-state index in [9.17, 15) is 4.79 Å². The second kappa shape index (κ2) is 5.82. The van der Waals surface area contributed by atoms with Crippen molar-refractivity contribution in [3.05, 3.63) is 59.9 Å². The minimum absolute atomic E-state index is 0.251. The fraction of sp³-hybridized carbons (Fsp3) is 0.143. The number of benzene rings is 1. The molecule has 0 aliphatic carbocycles. The molecule has 0 spiro atoms. The first-order chi connectivity index (χ1) is 8.74. The zero-order valence-corrected chi connectivity index (χ0v) is 9.87. The number of rotatable bonds is 4. The normalized spacial score (nSPS) is 10.0. The van der Waals surface area contributed by atoms with Gasteiger partial charge in [0.05, 0.1) is 6.42 Å². The van der Waals surface area contributed by atoms with Crippen LogP contribution >= 0.6 is 0 Å². The van der Waals surface area contributed by atoms with E-state index in [4.69, 9.17) is 10.5 Å². The number of esters is 1. The molecule has 0 saturated carbocycles. The molecule has 4 nitrogen and oxygen atoms in total. The summed E-state index contributed by atoms with van der Waals surface area (Å²) < 4.78 is 5.15. The standard InChI is InChI=1S/C14H14N2O2/c15-13-5-3-11(4-6-13)8-14(17)18-10-12-2-1-7-16-9-12/h1-7,9H,8,10,15H2. The molecule has 0 bridgehead atoms. The molecule has 0 amide bonds. The molecular formula is C14H14N2O2. The summed E-state index contributed by atoms with van der Waals surface area (Å²) in [4.78, 5) is 15.5. The Morgan fingerprint density at radius 2 is 1.94 bits per heavy atom. The monoisotopic (exact) mass is 242 g/mol. The number of hydrogen-bond donors (Lipinski definition) is 1. The topological polar surface area (TPSA) is 65.2 Å². The van der Waals surface area contributed by atoms with E-state index in [1.165, 1.54) is 0 Å². The Balaban J connectivity index is 1.84. The van der Waals surface area contributed by atoms with E-state index in [1.54, 1.807) is 24.5 Å². The molecule has 0 saturated heterocycles. The smallest absolute Gasteiger partial charge is 0.310 e. The van der Waals surface area contributed by atoms with E-state index in [-0.39, 0.29) is 19.0 Å². The molecule has 1 aromatic heterocycles. The summed E-state index contributed by atoms with van der Waals surface area (Å²) >= 11 is 0. The highest BCUT2D eigenvalue weighted by molar-refractivity contribution is 5.72. The number of carbonyl (C=O) groups is 1. The maximum atomic E-state index is 11.6. The molecule has 0 atom stereocenters. The lowest BCUT2D eigenvalue weighted by atomic mass is 10.1. The van der Waals surface area contributed by atoms with Crippen LogP contribution in [0.1, 0.15) is 11.1 Å². The molecule has 0 aliphatic heterocycles. The number of carbonyl (C=O) groups excluding carboxylic acids is 1. The third-order valence-electron chi connectivity index (χ3n) is 2.45. The van der Waals surface area contributed by atoms with Crippen LogP contribution in [0.2, 0.25) is 0 Å². The average Bonchev–Trinajstić information content (AvgIpc) is 2.40. The second-order valence-corrected chi connectivity index (χ2v) is 3.94. The Kier molecular flexibility index (Phi) is 3.91. The van der Waals surface area contributed by atoms with Crippen LogP contribution in [-0.2, 0) is 22.6 Å². The van der Waals surface area contributed by atoms with Crippen LogP contribution in [0.15, 0.2) is 48.8 Å². The predicted octanol–water partition coefficient (Wildman–Crippen LogP) is 1.95. The fourth-order valence-electron chi connectivity index (χ4n) is 1.50. The Labute approximate surface area is 105 Å². The van der Waals surface area contributed by atoms with Gasteiger partial charge >= 0.3 is 5.97 Å². The van der Waals surface area contributed by atoms with Crippen molar-refractivity contribution in [3.63, 3.8) is 0 Å². The van der Waals surface area contributed by atoms with E-state index in [2.05, 4.69) is 4.98 Å². The van der Waals surface area contributed by atoms with Gasteiger partial charge in [0.1, 0.15) is 6.61 Å². The van der Waals surface area contributed by atoms with Crippen LogP contribution < -0.4 is 5.73 Å². The van der Waals surface area contributed by atoms with Gasteiger partial charge in [-0.2, -0.15) is 0 Å². The van der Waals surface area contributed by atoms with Crippen LogP contribution in [0.3, 0.4) is 0 Å². The van der Waals surface area contributed by atoms with Crippen molar-refractivity contribution in [2.75, 3.05) is 5.73 Å². The minimum Gasteiger partial charge on any atom is -0.460 e. The quantitative estimate of drug-likeness (QED) is 0.657. The van der Waals surface area contributed by atoms with Gasteiger partial charge in [-0.15, -0.1) is 0 Å². The highest BCUT2D eigenvalue weighted by Gasteiger charge is 2.05. The van der Waals surface area contributed by atoms with Crippen LogP contribution in [0.4, 0.5) is 5.69 Å². The summed E-state index contributed by atoms with van der Waals surface area (Å²) in [5.41, 5.74) is 8.02. The maximum absolute atomic E-state index is 11.6. The summed E-state index contributed by atoms with van der Waals surface area (Å²) in [7, 11) is 0. The van der Waals surface area contributed by atoms with Crippen LogP contribution in [0.5, 0.6) is 0 Å². The summed E-state index contributed by atoms with van der Waals surface area (Å²) in [5.74, 6) is -0.261. The third kappa shape index (κ3) is 3.59. The molecule has 92 valence electrons. The molecular weight excluding hydrogens is 228 g/mol. The SMILES string of the molecule is Nc1ccc(CC(=O)OCc2cccnc2)cc1. The van der Waals surface area contributed by atoms with E-state index in [1.807, 2.05) is 24.3 Å². The van der Waals surface area contributed by atoms with E-state index in [0.717, 1.165) is 11.1 Å². The van der Waals surface area contributed by atoms with E-state index >= 15 is 0 Å². The second-order valence-electron chi connectivity index (χ2n) is 3.94. The lowest BCUT2D eigenvalue weighted by Gasteiger charge is -2.05. The molecule has 18 heavy (non-hydrogen) atoms. The highest BCUT2D eigenvalue weighted by Crippen LogP contribution is 2.07.